The molecule has 0 aliphatic rings. The van der Waals surface area contributed by atoms with Gasteiger partial charge in [-0.3, -0.25) is 14.2 Å². The van der Waals surface area contributed by atoms with Crippen LogP contribution in [0.25, 0.3) is 0 Å². The van der Waals surface area contributed by atoms with Crippen LogP contribution in [0.1, 0.15) is 53.4 Å². The number of Topliss-reactive ketones (excluding diaryl/α,β-unsaturated/α-hetero) is 1. The third-order valence-electron chi connectivity index (χ3n) is 4.82. The summed E-state index contributed by atoms with van der Waals surface area (Å²) in [5.41, 5.74) is 4.73. The smallest absolute Gasteiger partial charge is 0.309 e. The Hall–Kier alpha value is -2.32. The lowest BCUT2D eigenvalue weighted by Crippen LogP contribution is -2.35. The molecule has 0 bridgehead atoms. The fourth-order valence-corrected chi connectivity index (χ4v) is 3.50. The van der Waals surface area contributed by atoms with E-state index < -0.39 is 6.10 Å². The molecule has 156 valence electrons. The molecule has 29 heavy (non-hydrogen) atoms. The van der Waals surface area contributed by atoms with E-state index in [1.54, 1.807) is 9.12 Å². The Morgan fingerprint density at radius 2 is 1.45 bits per heavy atom. The van der Waals surface area contributed by atoms with E-state index >= 15 is 0 Å². The zero-order valence-electron chi connectivity index (χ0n) is 18.1. The quantitative estimate of drug-likeness (QED) is 0.330. The highest BCUT2D eigenvalue weighted by Crippen LogP contribution is 2.23. The Morgan fingerprint density at radius 3 is 1.93 bits per heavy atom. The van der Waals surface area contributed by atoms with Crippen LogP contribution < -0.4 is 0 Å². The molecule has 2 atom stereocenters. The third-order valence-corrected chi connectivity index (χ3v) is 4.82. The van der Waals surface area contributed by atoms with Gasteiger partial charge in [-0.05, 0) is 49.8 Å². The van der Waals surface area contributed by atoms with Crippen molar-refractivity contribution in [3.8, 4) is 0 Å². The highest BCUT2D eigenvalue weighted by Gasteiger charge is 2.31. The zero-order valence-corrected chi connectivity index (χ0v) is 19.1. The lowest BCUT2D eigenvalue weighted by Gasteiger charge is -2.24. The van der Waals surface area contributed by atoms with Crippen molar-refractivity contribution >= 4 is 20.9 Å². The molecule has 0 fully saturated rings. The number of ketones is 1. The van der Waals surface area contributed by atoms with Gasteiger partial charge in [-0.15, -0.1) is 0 Å². The summed E-state index contributed by atoms with van der Waals surface area (Å²) in [6, 6.07) is 13.8. The topological polar surface area (TPSA) is 60.4 Å². The lowest BCUT2D eigenvalue weighted by molar-refractivity contribution is -0.153. The van der Waals surface area contributed by atoms with Crippen LogP contribution in [0.15, 0.2) is 42.5 Å². The summed E-state index contributed by atoms with van der Waals surface area (Å²) in [4.78, 5) is 25.8. The first-order chi connectivity index (χ1) is 13.7. The number of esters is 1. The summed E-state index contributed by atoms with van der Waals surface area (Å²) in [5.74, 6) is -0.833. The molecule has 2 rings (SSSR count). The van der Waals surface area contributed by atoms with Crippen molar-refractivity contribution < 1.29 is 18.9 Å². The minimum Gasteiger partial charge on any atom is -0.453 e. The van der Waals surface area contributed by atoms with Crippen LogP contribution in [0, 0.1) is 32.6 Å². The fourth-order valence-electron chi connectivity index (χ4n) is 3.50. The van der Waals surface area contributed by atoms with E-state index in [2.05, 4.69) is 0 Å². The second-order valence-corrected chi connectivity index (χ2v) is 7.83. The van der Waals surface area contributed by atoms with Gasteiger partial charge >= 0.3 is 5.97 Å². The van der Waals surface area contributed by atoms with Gasteiger partial charge in [0, 0.05) is 5.56 Å². The average Bonchev–Trinajstić information content (AvgIpc) is 2.67. The first-order valence-corrected chi connectivity index (χ1v) is 10.2. The average molecular weight is 414 g/mol. The van der Waals surface area contributed by atoms with Crippen molar-refractivity contribution in [2.45, 2.75) is 54.1 Å². The van der Waals surface area contributed by atoms with Gasteiger partial charge in [-0.25, -0.2) is 0 Å². The number of benzene rings is 2. The molecule has 2 aromatic rings. The van der Waals surface area contributed by atoms with E-state index in [1.165, 1.54) is 0 Å². The molecule has 0 aromatic heterocycles. The highest BCUT2D eigenvalue weighted by molar-refractivity contribution is 7.00. The molecule has 0 aliphatic heterocycles. The molecule has 5 heteroatoms. The van der Waals surface area contributed by atoms with Gasteiger partial charge in [0.1, 0.15) is 9.12 Å². The van der Waals surface area contributed by atoms with Crippen LogP contribution in [0.3, 0.4) is 0 Å². The maximum atomic E-state index is 13.2. The molecule has 0 saturated heterocycles. The van der Waals surface area contributed by atoms with E-state index in [9.17, 15) is 9.59 Å². The summed E-state index contributed by atoms with van der Waals surface area (Å²) < 4.78 is 13.8. The van der Waals surface area contributed by atoms with Crippen molar-refractivity contribution in [1.82, 2.24) is 0 Å². The zero-order chi connectivity index (χ0) is 22.1. The number of aryl methyl sites for hydroxylation is 3. The van der Waals surface area contributed by atoms with Crippen molar-refractivity contribution in [3.63, 3.8) is 0 Å². The molecule has 0 spiro atoms. The van der Waals surface area contributed by atoms with Gasteiger partial charge in [-0.2, -0.15) is 0 Å². The minimum absolute atomic E-state index is 0.0921. The number of hydrogen-bond donors (Lipinski definition) is 0. The summed E-state index contributed by atoms with van der Waals surface area (Å²) in [6.45, 7) is 11.6. The molecule has 2 aromatic carbocycles. The van der Waals surface area contributed by atoms with Crippen LogP contribution in [0.4, 0.5) is 0 Å². The Bertz CT molecular complexity index is 807. The molecule has 0 saturated carbocycles. The first kappa shape index (κ1) is 24.7. The molecule has 0 heterocycles. The number of hydrogen-bond acceptors (Lipinski definition) is 4. The molecular weight excluding hydrogens is 383 g/mol. The van der Waals surface area contributed by atoms with Crippen LogP contribution in [-0.2, 0) is 20.5 Å². The third kappa shape index (κ3) is 6.90. The number of carbonyl (C=O) groups is 2. The van der Waals surface area contributed by atoms with E-state index in [0.29, 0.717) is 12.0 Å². The summed E-state index contributed by atoms with van der Waals surface area (Å²) >= 11 is 0. The van der Waals surface area contributed by atoms with Crippen LogP contribution >= 0.6 is 9.12 Å². The number of carbonyl (C=O) groups excluding carboxylic acids is 2. The maximum absolute atomic E-state index is 13.2. The van der Waals surface area contributed by atoms with Gasteiger partial charge in [-0.1, -0.05) is 68.8 Å². The Labute approximate surface area is 176 Å². The molecule has 0 aliphatic carbocycles. The molecule has 0 radical (unpaired) electrons. The second kappa shape index (κ2) is 11.6. The van der Waals surface area contributed by atoms with E-state index in [4.69, 9.17) is 9.30 Å². The van der Waals surface area contributed by atoms with Gasteiger partial charge in [0.2, 0.25) is 5.78 Å². The van der Waals surface area contributed by atoms with E-state index in [0.717, 1.165) is 22.3 Å². The minimum atomic E-state index is -0.768. The SMILES string of the molecule is Cc1cc(C)c(C(=O)C(OC(=O)C(C)Cc2ccccc2)C(C)C)c(C)c1.O=P. The predicted octanol–water partition coefficient (Wildman–Crippen LogP) is 5.72. The van der Waals surface area contributed by atoms with Gasteiger partial charge < -0.3 is 4.74 Å². The van der Waals surface area contributed by atoms with Crippen molar-refractivity contribution in [1.29, 1.82) is 0 Å². The Kier molecular flexibility index (Phi) is 9.91. The Morgan fingerprint density at radius 1 is 0.931 bits per heavy atom. The van der Waals surface area contributed by atoms with Crippen LogP contribution in [0.5, 0.6) is 0 Å². The predicted molar refractivity (Wildman–Crippen MR) is 118 cm³/mol. The fraction of sp³-hybridized carbons (Fsp3) is 0.417. The summed E-state index contributed by atoms with van der Waals surface area (Å²) in [7, 11) is 1.72. The molecule has 0 amide bonds. The first-order valence-electron chi connectivity index (χ1n) is 9.77. The maximum Gasteiger partial charge on any atom is 0.309 e. The van der Waals surface area contributed by atoms with E-state index in [1.807, 2.05) is 84.0 Å². The van der Waals surface area contributed by atoms with Crippen LogP contribution in [0.2, 0.25) is 0 Å². The second-order valence-electron chi connectivity index (χ2n) is 7.83. The van der Waals surface area contributed by atoms with Gasteiger partial charge in [0.25, 0.3) is 0 Å². The monoisotopic (exact) mass is 414 g/mol. The lowest BCUT2D eigenvalue weighted by atomic mass is 9.90. The van der Waals surface area contributed by atoms with E-state index in [-0.39, 0.29) is 23.6 Å². The standard InChI is InChI=1S/C24H30O3.HOP/c1-15(2)23(22(25)21-17(4)12-16(3)13-18(21)5)27-24(26)19(6)14-20-10-8-7-9-11-20;1-2/h7-13,15,19,23H,14H2,1-6H3;2H. The molecular formula is C24H31O4P. The van der Waals surface area contributed by atoms with Crippen molar-refractivity contribution in [2.24, 2.45) is 11.8 Å². The number of rotatable bonds is 7. The largest absolute Gasteiger partial charge is 0.453 e. The molecule has 0 N–H and O–H groups in total. The van der Waals surface area contributed by atoms with Crippen molar-refractivity contribution in [2.75, 3.05) is 0 Å². The van der Waals surface area contributed by atoms with Crippen LogP contribution in [-0.4, -0.2) is 17.9 Å². The summed E-state index contributed by atoms with van der Waals surface area (Å²) in [5, 5.41) is 0. The molecule has 4 nitrogen and oxygen atoms in total. The normalized spacial score (nSPS) is 12.5. The molecule has 2 unspecified atom stereocenters. The number of ether oxygens (including phenoxy) is 1. The van der Waals surface area contributed by atoms with Gasteiger partial charge in [0.05, 0.1) is 5.92 Å². The van der Waals surface area contributed by atoms with Crippen molar-refractivity contribution in [3.05, 3.63) is 70.3 Å². The highest BCUT2D eigenvalue weighted by atomic mass is 31.0. The summed E-state index contributed by atoms with van der Waals surface area (Å²) in [6.07, 6.45) is -0.169. The van der Waals surface area contributed by atoms with Gasteiger partial charge in [0.15, 0.2) is 6.10 Å². The Balaban J connectivity index is 0.00000204.